The summed E-state index contributed by atoms with van der Waals surface area (Å²) in [5.74, 6) is -0.678. The van der Waals surface area contributed by atoms with Crippen LogP contribution in [-0.2, 0) is 19.1 Å². The van der Waals surface area contributed by atoms with E-state index in [9.17, 15) is 14.0 Å². The third-order valence-corrected chi connectivity index (χ3v) is 3.98. The lowest BCUT2D eigenvalue weighted by atomic mass is 10.1. The monoisotopic (exact) mass is 264 g/mol. The van der Waals surface area contributed by atoms with Crippen molar-refractivity contribution in [2.45, 2.75) is 31.7 Å². The van der Waals surface area contributed by atoms with Crippen LogP contribution in [-0.4, -0.2) is 36.9 Å². The summed E-state index contributed by atoms with van der Waals surface area (Å²) in [7, 11) is 1.34. The van der Waals surface area contributed by atoms with Gasteiger partial charge in [-0.2, -0.15) is 0 Å². The predicted octanol–water partition coefficient (Wildman–Crippen LogP) is 1.92. The molecule has 0 saturated heterocycles. The average Bonchev–Trinajstić information content (AvgIpc) is 3.06. The molecule has 0 aromatic rings. The molecule has 6 heteroatoms. The number of halogens is 1. The molecular formula is C11H17FO4S. The number of hydrogen-bond donors (Lipinski definition) is 0. The van der Waals surface area contributed by atoms with E-state index in [0.29, 0.717) is 12.2 Å². The molecule has 17 heavy (non-hydrogen) atoms. The number of carbonyl (C=O) groups excluding carboxylic acids is 2. The summed E-state index contributed by atoms with van der Waals surface area (Å²) in [6.45, 7) is 1.81. The minimum Gasteiger partial charge on any atom is -0.469 e. The van der Waals surface area contributed by atoms with Gasteiger partial charge in [-0.25, -0.2) is 9.18 Å². The topological polar surface area (TPSA) is 52.6 Å². The predicted molar refractivity (Wildman–Crippen MR) is 62.3 cm³/mol. The normalized spacial score (nSPS) is 18.3. The van der Waals surface area contributed by atoms with Crippen molar-refractivity contribution in [1.29, 1.82) is 0 Å². The summed E-state index contributed by atoms with van der Waals surface area (Å²) >= 11 is 0.897. The fraction of sp³-hybridized carbons (Fsp3) is 0.818. The number of ether oxygens (including phenoxy) is 2. The Labute approximate surface area is 104 Å². The molecule has 0 aromatic heterocycles. The number of thioether (sulfide) groups is 1. The molecule has 0 N–H and O–H groups in total. The van der Waals surface area contributed by atoms with E-state index in [-0.39, 0.29) is 18.0 Å². The fourth-order valence-electron chi connectivity index (χ4n) is 1.45. The van der Waals surface area contributed by atoms with Crippen LogP contribution in [0.1, 0.15) is 26.2 Å². The summed E-state index contributed by atoms with van der Waals surface area (Å²) in [5, 5.41) is 0. The largest absolute Gasteiger partial charge is 0.469 e. The highest BCUT2D eigenvalue weighted by Crippen LogP contribution is 2.51. The standard InChI is InChI=1S/C11H17FO4S/c1-3-16-10(14)9(12)17-7-11(4-5-11)6-8(13)15-2/h9H,3-7H2,1-2H3. The van der Waals surface area contributed by atoms with E-state index in [0.717, 1.165) is 24.6 Å². The highest BCUT2D eigenvalue weighted by molar-refractivity contribution is 8.00. The van der Waals surface area contributed by atoms with Gasteiger partial charge >= 0.3 is 11.9 Å². The van der Waals surface area contributed by atoms with Crippen molar-refractivity contribution in [2.24, 2.45) is 5.41 Å². The van der Waals surface area contributed by atoms with Gasteiger partial charge < -0.3 is 9.47 Å². The lowest BCUT2D eigenvalue weighted by molar-refractivity contribution is -0.145. The second kappa shape index (κ2) is 6.23. The first-order valence-electron chi connectivity index (χ1n) is 5.52. The molecule has 0 aliphatic heterocycles. The number of esters is 2. The molecule has 0 aromatic carbocycles. The molecule has 1 aliphatic rings. The lowest BCUT2D eigenvalue weighted by Crippen LogP contribution is -2.19. The van der Waals surface area contributed by atoms with E-state index in [1.165, 1.54) is 7.11 Å². The van der Waals surface area contributed by atoms with Crippen LogP contribution in [0.5, 0.6) is 0 Å². The van der Waals surface area contributed by atoms with E-state index in [2.05, 4.69) is 9.47 Å². The van der Waals surface area contributed by atoms with Gasteiger partial charge in [-0.15, -0.1) is 11.8 Å². The molecule has 1 aliphatic carbocycles. The van der Waals surface area contributed by atoms with E-state index < -0.39 is 11.5 Å². The van der Waals surface area contributed by atoms with Gasteiger partial charge in [-0.3, -0.25) is 4.79 Å². The molecule has 4 nitrogen and oxygen atoms in total. The summed E-state index contributed by atoms with van der Waals surface area (Å²) in [6, 6.07) is 0. The Hall–Kier alpha value is -0.780. The molecule has 1 unspecified atom stereocenters. The number of carbonyl (C=O) groups is 2. The van der Waals surface area contributed by atoms with E-state index in [1.54, 1.807) is 6.92 Å². The van der Waals surface area contributed by atoms with E-state index in [4.69, 9.17) is 0 Å². The zero-order chi connectivity index (χ0) is 12.9. The van der Waals surface area contributed by atoms with Crippen molar-refractivity contribution in [1.82, 2.24) is 0 Å². The molecule has 0 bridgehead atoms. The van der Waals surface area contributed by atoms with Crippen LogP contribution in [0.2, 0.25) is 0 Å². The second-order valence-electron chi connectivity index (χ2n) is 4.13. The maximum Gasteiger partial charge on any atom is 0.351 e. The summed E-state index contributed by atoms with van der Waals surface area (Å²) in [6.07, 6.45) is 2.06. The minimum absolute atomic E-state index is 0.172. The van der Waals surface area contributed by atoms with Crippen LogP contribution in [0, 0.1) is 5.41 Å². The maximum atomic E-state index is 13.3. The summed E-state index contributed by atoms with van der Waals surface area (Å²) in [5.41, 5.74) is -1.83. The molecule has 1 atom stereocenters. The molecule has 98 valence electrons. The zero-order valence-electron chi connectivity index (χ0n) is 10.0. The van der Waals surface area contributed by atoms with Crippen molar-refractivity contribution < 1.29 is 23.5 Å². The number of rotatable bonds is 7. The Morgan fingerprint density at radius 2 is 2.12 bits per heavy atom. The fourth-order valence-corrected chi connectivity index (χ4v) is 2.55. The Morgan fingerprint density at radius 3 is 2.59 bits per heavy atom. The Balaban J connectivity index is 2.30. The van der Waals surface area contributed by atoms with Crippen LogP contribution in [0.25, 0.3) is 0 Å². The van der Waals surface area contributed by atoms with Crippen LogP contribution in [0.3, 0.4) is 0 Å². The third-order valence-electron chi connectivity index (χ3n) is 2.71. The first kappa shape index (κ1) is 14.3. The maximum absolute atomic E-state index is 13.3. The number of alkyl halides is 1. The van der Waals surface area contributed by atoms with Gasteiger partial charge in [0.1, 0.15) is 0 Å². The van der Waals surface area contributed by atoms with Crippen LogP contribution in [0.15, 0.2) is 0 Å². The summed E-state index contributed by atoms with van der Waals surface area (Å²) < 4.78 is 22.5. The van der Waals surface area contributed by atoms with Crippen molar-refractivity contribution in [3.8, 4) is 0 Å². The van der Waals surface area contributed by atoms with Gasteiger partial charge in [-0.05, 0) is 25.2 Å². The van der Waals surface area contributed by atoms with Crippen molar-refractivity contribution in [3.05, 3.63) is 0 Å². The number of methoxy groups -OCH3 is 1. The van der Waals surface area contributed by atoms with Gasteiger partial charge in [0, 0.05) is 5.75 Å². The van der Waals surface area contributed by atoms with E-state index >= 15 is 0 Å². The van der Waals surface area contributed by atoms with Gasteiger partial charge in [-0.1, -0.05) is 0 Å². The highest BCUT2D eigenvalue weighted by atomic mass is 32.2. The molecule has 1 fully saturated rings. The quantitative estimate of drug-likeness (QED) is 0.658. The van der Waals surface area contributed by atoms with Crippen molar-refractivity contribution >= 4 is 23.7 Å². The minimum atomic E-state index is -1.66. The third kappa shape index (κ3) is 4.53. The molecule has 0 spiro atoms. The summed E-state index contributed by atoms with van der Waals surface area (Å²) in [4.78, 5) is 22.2. The zero-order valence-corrected chi connectivity index (χ0v) is 10.8. The van der Waals surface area contributed by atoms with E-state index in [1.807, 2.05) is 0 Å². The molecule has 0 heterocycles. The highest BCUT2D eigenvalue weighted by Gasteiger charge is 2.45. The van der Waals surface area contributed by atoms with Crippen LogP contribution >= 0.6 is 11.8 Å². The molecule has 0 radical (unpaired) electrons. The van der Waals surface area contributed by atoms with Crippen molar-refractivity contribution in [2.75, 3.05) is 19.5 Å². The first-order valence-corrected chi connectivity index (χ1v) is 6.57. The van der Waals surface area contributed by atoms with Gasteiger partial charge in [0.25, 0.3) is 0 Å². The Morgan fingerprint density at radius 1 is 1.47 bits per heavy atom. The number of hydrogen-bond acceptors (Lipinski definition) is 5. The Bertz CT molecular complexity index is 291. The van der Waals surface area contributed by atoms with Gasteiger partial charge in [0.05, 0.1) is 20.1 Å². The molecule has 1 saturated carbocycles. The first-order chi connectivity index (χ1) is 8.03. The van der Waals surface area contributed by atoms with Crippen LogP contribution in [0.4, 0.5) is 4.39 Å². The lowest BCUT2D eigenvalue weighted by Gasteiger charge is -2.14. The smallest absolute Gasteiger partial charge is 0.351 e. The Kier molecular flexibility index (Phi) is 5.24. The van der Waals surface area contributed by atoms with Gasteiger partial charge in [0.2, 0.25) is 5.50 Å². The average molecular weight is 264 g/mol. The molecule has 0 amide bonds. The second-order valence-corrected chi connectivity index (χ2v) is 5.17. The van der Waals surface area contributed by atoms with Crippen LogP contribution < -0.4 is 0 Å². The van der Waals surface area contributed by atoms with Gasteiger partial charge in [0.15, 0.2) is 0 Å². The molecular weight excluding hydrogens is 247 g/mol. The molecule has 1 rings (SSSR count). The van der Waals surface area contributed by atoms with Crippen molar-refractivity contribution in [3.63, 3.8) is 0 Å². The SMILES string of the molecule is CCOC(=O)C(F)SCC1(CC(=O)OC)CC1.